The average Bonchev–Trinajstić information content (AvgIpc) is 3.18. The summed E-state index contributed by atoms with van der Waals surface area (Å²) in [5.41, 5.74) is 11.1. The molecule has 0 aliphatic heterocycles. The number of pyridine rings is 1. The van der Waals surface area contributed by atoms with Crippen LogP contribution in [0.25, 0.3) is 21.6 Å². The number of aromatic amines is 1. The Bertz CT molecular complexity index is 929. The van der Waals surface area contributed by atoms with Crippen molar-refractivity contribution in [3.05, 3.63) is 42.3 Å². The van der Waals surface area contributed by atoms with Gasteiger partial charge in [-0.2, -0.15) is 5.10 Å². The second-order valence-electron chi connectivity index (χ2n) is 4.65. The van der Waals surface area contributed by atoms with E-state index in [1.165, 1.54) is 6.33 Å². The Labute approximate surface area is 129 Å². The van der Waals surface area contributed by atoms with Gasteiger partial charge in [-0.05, 0) is 18.2 Å². The van der Waals surface area contributed by atoms with E-state index in [0.29, 0.717) is 17.3 Å². The lowest BCUT2D eigenvalue weighted by molar-refractivity contribution is 1.09. The number of aromatic nitrogens is 5. The van der Waals surface area contributed by atoms with Gasteiger partial charge in [-0.3, -0.25) is 5.10 Å². The molecule has 3 aromatic heterocycles. The average molecular weight is 309 g/mol. The predicted octanol–water partition coefficient (Wildman–Crippen LogP) is 2.80. The number of hydrogen-bond acceptors (Lipinski definition) is 7. The smallest absolute Gasteiger partial charge is 0.159 e. The highest BCUT2D eigenvalue weighted by Gasteiger charge is 2.08. The third-order valence-electron chi connectivity index (χ3n) is 3.21. The Morgan fingerprint density at radius 2 is 2.09 bits per heavy atom. The zero-order valence-electron chi connectivity index (χ0n) is 11.3. The van der Waals surface area contributed by atoms with Gasteiger partial charge in [0.1, 0.15) is 12.1 Å². The highest BCUT2D eigenvalue weighted by Crippen LogP contribution is 2.27. The van der Waals surface area contributed by atoms with Crippen molar-refractivity contribution in [3.63, 3.8) is 0 Å². The number of fused-ring (bicyclic) bond motifs is 1. The zero-order chi connectivity index (χ0) is 14.9. The van der Waals surface area contributed by atoms with Crippen LogP contribution >= 0.6 is 11.3 Å². The minimum atomic E-state index is 0.577. The Kier molecular flexibility index (Phi) is 2.94. The Balaban J connectivity index is 1.64. The summed E-state index contributed by atoms with van der Waals surface area (Å²) in [5.74, 6) is 1.27. The molecule has 1 aromatic carbocycles. The lowest BCUT2D eigenvalue weighted by atomic mass is 10.2. The van der Waals surface area contributed by atoms with Crippen molar-refractivity contribution in [1.29, 1.82) is 0 Å². The molecule has 3 heterocycles. The number of benzene rings is 1. The van der Waals surface area contributed by atoms with Gasteiger partial charge in [0.05, 0.1) is 21.3 Å². The van der Waals surface area contributed by atoms with E-state index in [4.69, 9.17) is 5.73 Å². The highest BCUT2D eigenvalue weighted by atomic mass is 32.1. The molecule has 108 valence electrons. The van der Waals surface area contributed by atoms with Crippen molar-refractivity contribution >= 4 is 38.7 Å². The largest absolute Gasteiger partial charge is 0.398 e. The molecule has 0 unspecified atom stereocenters. The van der Waals surface area contributed by atoms with Crippen LogP contribution in [0.15, 0.2) is 42.3 Å². The summed E-state index contributed by atoms with van der Waals surface area (Å²) in [6.45, 7) is 0. The molecule has 0 spiro atoms. The summed E-state index contributed by atoms with van der Waals surface area (Å²) in [6, 6.07) is 7.74. The Hall–Kier alpha value is -3.00. The van der Waals surface area contributed by atoms with E-state index in [2.05, 4.69) is 30.5 Å². The van der Waals surface area contributed by atoms with Gasteiger partial charge in [-0.15, -0.1) is 11.3 Å². The van der Waals surface area contributed by atoms with Crippen LogP contribution in [0.1, 0.15) is 0 Å². The summed E-state index contributed by atoms with van der Waals surface area (Å²) in [6.07, 6.45) is 3.11. The highest BCUT2D eigenvalue weighted by molar-refractivity contribution is 7.16. The first kappa shape index (κ1) is 12.7. The monoisotopic (exact) mass is 309 g/mol. The maximum absolute atomic E-state index is 6.06. The molecular weight excluding hydrogens is 298 g/mol. The maximum atomic E-state index is 6.06. The molecule has 4 rings (SSSR count). The van der Waals surface area contributed by atoms with E-state index in [9.17, 15) is 0 Å². The number of H-pyrrole nitrogens is 1. The molecular formula is C14H11N7S. The number of nitrogen functional groups attached to an aromatic ring is 1. The fourth-order valence-electron chi connectivity index (χ4n) is 2.15. The van der Waals surface area contributed by atoms with E-state index >= 15 is 0 Å². The number of nitrogens with two attached hydrogens (primary N) is 1. The van der Waals surface area contributed by atoms with E-state index in [1.54, 1.807) is 23.6 Å². The molecule has 7 nitrogen and oxygen atoms in total. The summed E-state index contributed by atoms with van der Waals surface area (Å²) in [5, 5.41) is 9.83. The van der Waals surface area contributed by atoms with Crippen LogP contribution in [-0.4, -0.2) is 25.1 Å². The lowest BCUT2D eigenvalue weighted by Gasteiger charge is -2.08. The molecule has 8 heteroatoms. The number of nitrogens with zero attached hydrogens (tertiary/aromatic N) is 4. The summed E-state index contributed by atoms with van der Waals surface area (Å²) >= 11 is 1.60. The van der Waals surface area contributed by atoms with Gasteiger partial charge in [-0.1, -0.05) is 0 Å². The predicted molar refractivity (Wildman–Crippen MR) is 86.9 cm³/mol. The number of rotatable bonds is 3. The third-order valence-corrected chi connectivity index (χ3v) is 4.00. The van der Waals surface area contributed by atoms with E-state index in [0.717, 1.165) is 21.5 Å². The third kappa shape index (κ3) is 2.25. The standard InChI is InChI=1S/C14H11N7S/c15-10-4-13(16-5-9(10)14-17-6-19-21-14)20-8-1-2-11-12(3-8)22-7-18-11/h1-7H,(H3,15,16,20)(H,17,19,21). The van der Waals surface area contributed by atoms with Gasteiger partial charge in [0.15, 0.2) is 5.82 Å². The number of thiazole rings is 1. The van der Waals surface area contributed by atoms with Gasteiger partial charge in [-0.25, -0.2) is 15.0 Å². The Morgan fingerprint density at radius 1 is 1.14 bits per heavy atom. The van der Waals surface area contributed by atoms with Gasteiger partial charge < -0.3 is 11.1 Å². The molecule has 4 aromatic rings. The van der Waals surface area contributed by atoms with Crippen LogP contribution in [-0.2, 0) is 0 Å². The second-order valence-corrected chi connectivity index (χ2v) is 5.54. The van der Waals surface area contributed by atoms with Gasteiger partial charge in [0.25, 0.3) is 0 Å². The fraction of sp³-hybridized carbons (Fsp3) is 0. The minimum absolute atomic E-state index is 0.577. The minimum Gasteiger partial charge on any atom is -0.398 e. The van der Waals surface area contributed by atoms with Gasteiger partial charge in [0.2, 0.25) is 0 Å². The van der Waals surface area contributed by atoms with Crippen LogP contribution in [0.2, 0.25) is 0 Å². The van der Waals surface area contributed by atoms with Crippen LogP contribution in [0.4, 0.5) is 17.2 Å². The molecule has 0 atom stereocenters. The number of hydrogen-bond donors (Lipinski definition) is 3. The molecule has 0 amide bonds. The first-order valence-corrected chi connectivity index (χ1v) is 7.39. The van der Waals surface area contributed by atoms with E-state index in [1.807, 2.05) is 23.7 Å². The normalized spacial score (nSPS) is 10.9. The quantitative estimate of drug-likeness (QED) is 0.537. The molecule has 0 saturated carbocycles. The van der Waals surface area contributed by atoms with Crippen molar-refractivity contribution < 1.29 is 0 Å². The lowest BCUT2D eigenvalue weighted by Crippen LogP contribution is -1.98. The molecule has 0 saturated heterocycles. The maximum Gasteiger partial charge on any atom is 0.159 e. The molecule has 0 bridgehead atoms. The van der Waals surface area contributed by atoms with Gasteiger partial charge in [0, 0.05) is 23.6 Å². The van der Waals surface area contributed by atoms with Crippen molar-refractivity contribution in [2.45, 2.75) is 0 Å². The molecule has 0 radical (unpaired) electrons. The van der Waals surface area contributed by atoms with Crippen LogP contribution in [0.3, 0.4) is 0 Å². The van der Waals surface area contributed by atoms with Crippen molar-refractivity contribution in [2.24, 2.45) is 0 Å². The number of nitrogens with one attached hydrogen (secondary N) is 2. The summed E-state index contributed by atoms with van der Waals surface area (Å²) in [4.78, 5) is 12.7. The molecule has 22 heavy (non-hydrogen) atoms. The van der Waals surface area contributed by atoms with Crippen LogP contribution in [0, 0.1) is 0 Å². The summed E-state index contributed by atoms with van der Waals surface area (Å²) < 4.78 is 1.12. The van der Waals surface area contributed by atoms with Crippen LogP contribution < -0.4 is 11.1 Å². The first-order valence-electron chi connectivity index (χ1n) is 6.51. The Morgan fingerprint density at radius 3 is 2.91 bits per heavy atom. The zero-order valence-corrected chi connectivity index (χ0v) is 12.1. The second kappa shape index (κ2) is 5.08. The van der Waals surface area contributed by atoms with Crippen molar-refractivity contribution in [1.82, 2.24) is 25.1 Å². The molecule has 4 N–H and O–H groups in total. The van der Waals surface area contributed by atoms with E-state index in [-0.39, 0.29) is 0 Å². The molecule has 0 aliphatic rings. The van der Waals surface area contributed by atoms with Crippen molar-refractivity contribution in [2.75, 3.05) is 11.1 Å². The van der Waals surface area contributed by atoms with Crippen molar-refractivity contribution in [3.8, 4) is 11.4 Å². The molecule has 0 fully saturated rings. The number of anilines is 3. The fourth-order valence-corrected chi connectivity index (χ4v) is 2.87. The SMILES string of the molecule is Nc1cc(Nc2ccc3ncsc3c2)ncc1-c1ncn[nH]1. The van der Waals surface area contributed by atoms with Crippen LogP contribution in [0.5, 0.6) is 0 Å². The topological polar surface area (TPSA) is 105 Å². The molecule has 0 aliphatic carbocycles. The summed E-state index contributed by atoms with van der Waals surface area (Å²) in [7, 11) is 0. The first-order chi connectivity index (χ1) is 10.8. The van der Waals surface area contributed by atoms with E-state index < -0.39 is 0 Å². The van der Waals surface area contributed by atoms with Gasteiger partial charge >= 0.3 is 0 Å².